The molecule has 14 heavy (non-hydrogen) atoms. The van der Waals surface area contributed by atoms with Gasteiger partial charge in [-0.05, 0) is 24.8 Å². The van der Waals surface area contributed by atoms with Crippen molar-refractivity contribution >= 4 is 5.78 Å². The fourth-order valence-corrected chi connectivity index (χ4v) is 1.73. The second kappa shape index (κ2) is 3.95. The minimum Gasteiger partial charge on any atom is -0.292 e. The zero-order valence-corrected chi connectivity index (χ0v) is 8.57. The summed E-state index contributed by atoms with van der Waals surface area (Å²) in [5.74, 6) is 0.928. The Morgan fingerprint density at radius 2 is 2.43 bits per heavy atom. The van der Waals surface area contributed by atoms with Gasteiger partial charge in [-0.1, -0.05) is 13.3 Å². The van der Waals surface area contributed by atoms with E-state index in [1.165, 1.54) is 19.3 Å². The number of carbonyl (C=O) groups is 1. The van der Waals surface area contributed by atoms with Crippen molar-refractivity contribution in [3.63, 3.8) is 0 Å². The quantitative estimate of drug-likeness (QED) is 0.686. The van der Waals surface area contributed by atoms with Crippen LogP contribution in [0.1, 0.15) is 43.1 Å². The SMILES string of the molecule is CCC(=O)c1ccn(CC2CCC2)n1. The predicted molar refractivity (Wildman–Crippen MR) is 54.2 cm³/mol. The molecule has 1 fully saturated rings. The molecule has 0 bridgehead atoms. The molecule has 0 N–H and O–H groups in total. The summed E-state index contributed by atoms with van der Waals surface area (Å²) in [6.07, 6.45) is 6.45. The van der Waals surface area contributed by atoms with Gasteiger partial charge in [0.15, 0.2) is 5.78 Å². The number of nitrogens with zero attached hydrogens (tertiary/aromatic N) is 2. The van der Waals surface area contributed by atoms with Crippen LogP contribution in [0.2, 0.25) is 0 Å². The molecule has 0 unspecified atom stereocenters. The smallest absolute Gasteiger partial charge is 0.182 e. The largest absolute Gasteiger partial charge is 0.292 e. The van der Waals surface area contributed by atoms with Crippen molar-refractivity contribution in [2.45, 2.75) is 39.2 Å². The molecule has 1 heterocycles. The summed E-state index contributed by atoms with van der Waals surface area (Å²) in [6, 6.07) is 1.82. The Labute approximate surface area is 84.1 Å². The first-order valence-electron chi connectivity index (χ1n) is 5.36. The van der Waals surface area contributed by atoms with Gasteiger partial charge in [0.2, 0.25) is 0 Å². The van der Waals surface area contributed by atoms with Crippen LogP contribution in [0.3, 0.4) is 0 Å². The van der Waals surface area contributed by atoms with Gasteiger partial charge in [0.25, 0.3) is 0 Å². The molecule has 3 heteroatoms. The van der Waals surface area contributed by atoms with Gasteiger partial charge in [-0.25, -0.2) is 0 Å². The van der Waals surface area contributed by atoms with E-state index in [9.17, 15) is 4.79 Å². The number of rotatable bonds is 4. The van der Waals surface area contributed by atoms with E-state index in [2.05, 4.69) is 5.10 Å². The van der Waals surface area contributed by atoms with Gasteiger partial charge < -0.3 is 0 Å². The molecule has 1 saturated carbocycles. The molecule has 1 aliphatic rings. The predicted octanol–water partition coefficient (Wildman–Crippen LogP) is 2.28. The lowest BCUT2D eigenvalue weighted by molar-refractivity contribution is 0.0982. The Balaban J connectivity index is 1.98. The molecule has 0 radical (unpaired) electrons. The van der Waals surface area contributed by atoms with Crippen molar-refractivity contribution in [3.05, 3.63) is 18.0 Å². The van der Waals surface area contributed by atoms with Crippen LogP contribution in [-0.2, 0) is 6.54 Å². The Morgan fingerprint density at radius 3 is 3.00 bits per heavy atom. The standard InChI is InChI=1S/C11H16N2O/c1-2-11(14)10-6-7-13(12-10)8-9-4-3-5-9/h6-7,9H,2-5,8H2,1H3. The summed E-state index contributed by atoms with van der Waals surface area (Å²) in [5.41, 5.74) is 0.617. The molecule has 0 amide bonds. The lowest BCUT2D eigenvalue weighted by Gasteiger charge is -2.24. The molecule has 0 aromatic carbocycles. The van der Waals surface area contributed by atoms with Gasteiger partial charge in [-0.2, -0.15) is 5.10 Å². The molecule has 1 aliphatic carbocycles. The van der Waals surface area contributed by atoms with E-state index >= 15 is 0 Å². The Bertz CT molecular complexity index is 326. The van der Waals surface area contributed by atoms with Gasteiger partial charge in [0.1, 0.15) is 5.69 Å². The molecule has 1 aromatic heterocycles. The van der Waals surface area contributed by atoms with Crippen LogP contribution in [0.5, 0.6) is 0 Å². The average Bonchev–Trinajstić information content (AvgIpc) is 2.58. The van der Waals surface area contributed by atoms with Crippen molar-refractivity contribution < 1.29 is 4.79 Å². The average molecular weight is 192 g/mol. The summed E-state index contributed by atoms with van der Waals surface area (Å²) in [7, 11) is 0. The summed E-state index contributed by atoms with van der Waals surface area (Å²) in [6.45, 7) is 2.85. The maximum Gasteiger partial charge on any atom is 0.182 e. The maximum atomic E-state index is 11.3. The third kappa shape index (κ3) is 1.86. The van der Waals surface area contributed by atoms with Crippen LogP contribution in [0.15, 0.2) is 12.3 Å². The van der Waals surface area contributed by atoms with Crippen molar-refractivity contribution in [2.24, 2.45) is 5.92 Å². The van der Waals surface area contributed by atoms with Crippen LogP contribution < -0.4 is 0 Å². The first kappa shape index (κ1) is 9.44. The molecule has 2 rings (SSSR count). The van der Waals surface area contributed by atoms with Gasteiger partial charge in [0.05, 0.1) is 0 Å². The Kier molecular flexibility index (Phi) is 2.66. The minimum absolute atomic E-state index is 0.136. The second-order valence-corrected chi connectivity index (χ2v) is 4.00. The molecule has 76 valence electrons. The zero-order valence-electron chi connectivity index (χ0n) is 8.57. The molecule has 0 atom stereocenters. The van der Waals surface area contributed by atoms with E-state index in [1.807, 2.05) is 23.9 Å². The van der Waals surface area contributed by atoms with Crippen LogP contribution in [0.25, 0.3) is 0 Å². The Hall–Kier alpha value is -1.12. The number of carbonyl (C=O) groups excluding carboxylic acids is 1. The van der Waals surface area contributed by atoms with E-state index in [-0.39, 0.29) is 5.78 Å². The van der Waals surface area contributed by atoms with Gasteiger partial charge >= 0.3 is 0 Å². The van der Waals surface area contributed by atoms with E-state index in [1.54, 1.807) is 0 Å². The topological polar surface area (TPSA) is 34.9 Å². The summed E-state index contributed by atoms with van der Waals surface area (Å²) < 4.78 is 1.91. The van der Waals surface area contributed by atoms with E-state index in [0.29, 0.717) is 12.1 Å². The molecular formula is C11H16N2O. The maximum absolute atomic E-state index is 11.3. The van der Waals surface area contributed by atoms with Gasteiger partial charge in [0, 0.05) is 19.2 Å². The lowest BCUT2D eigenvalue weighted by atomic mass is 9.85. The summed E-state index contributed by atoms with van der Waals surface area (Å²) in [4.78, 5) is 11.3. The Morgan fingerprint density at radius 1 is 1.64 bits per heavy atom. The van der Waals surface area contributed by atoms with Crippen molar-refractivity contribution in [2.75, 3.05) is 0 Å². The lowest BCUT2D eigenvalue weighted by Crippen LogP contribution is -2.18. The highest BCUT2D eigenvalue weighted by molar-refractivity contribution is 5.93. The molecule has 3 nitrogen and oxygen atoms in total. The third-order valence-corrected chi connectivity index (χ3v) is 2.92. The van der Waals surface area contributed by atoms with E-state index < -0.39 is 0 Å². The highest BCUT2D eigenvalue weighted by Gasteiger charge is 2.18. The summed E-state index contributed by atoms with van der Waals surface area (Å²) >= 11 is 0. The first-order valence-corrected chi connectivity index (χ1v) is 5.36. The van der Waals surface area contributed by atoms with Crippen molar-refractivity contribution in [1.29, 1.82) is 0 Å². The fraction of sp³-hybridized carbons (Fsp3) is 0.636. The first-order chi connectivity index (χ1) is 6.79. The van der Waals surface area contributed by atoms with Crippen LogP contribution in [0, 0.1) is 5.92 Å². The molecule has 1 aromatic rings. The molecule has 0 saturated heterocycles. The fourth-order valence-electron chi connectivity index (χ4n) is 1.73. The number of hydrogen-bond acceptors (Lipinski definition) is 2. The zero-order chi connectivity index (χ0) is 9.97. The number of ketones is 1. The van der Waals surface area contributed by atoms with E-state index in [0.717, 1.165) is 12.5 Å². The van der Waals surface area contributed by atoms with Gasteiger partial charge in [-0.15, -0.1) is 0 Å². The van der Waals surface area contributed by atoms with Gasteiger partial charge in [-0.3, -0.25) is 9.48 Å². The van der Waals surface area contributed by atoms with E-state index in [4.69, 9.17) is 0 Å². The summed E-state index contributed by atoms with van der Waals surface area (Å²) in [5, 5.41) is 4.27. The highest BCUT2D eigenvalue weighted by atomic mass is 16.1. The van der Waals surface area contributed by atoms with Crippen LogP contribution in [-0.4, -0.2) is 15.6 Å². The second-order valence-electron chi connectivity index (χ2n) is 4.00. The molecule has 0 aliphatic heterocycles. The van der Waals surface area contributed by atoms with Crippen LogP contribution in [0.4, 0.5) is 0 Å². The monoisotopic (exact) mass is 192 g/mol. The molecular weight excluding hydrogens is 176 g/mol. The van der Waals surface area contributed by atoms with Crippen molar-refractivity contribution in [1.82, 2.24) is 9.78 Å². The normalized spacial score (nSPS) is 16.6. The number of Topliss-reactive ketones (excluding diaryl/α,β-unsaturated/α-hetero) is 1. The third-order valence-electron chi connectivity index (χ3n) is 2.92. The highest BCUT2D eigenvalue weighted by Crippen LogP contribution is 2.27. The number of hydrogen-bond donors (Lipinski definition) is 0. The van der Waals surface area contributed by atoms with Crippen LogP contribution >= 0.6 is 0 Å². The minimum atomic E-state index is 0.136. The number of aromatic nitrogens is 2. The van der Waals surface area contributed by atoms with Crippen molar-refractivity contribution in [3.8, 4) is 0 Å². The molecule has 0 spiro atoms.